The first kappa shape index (κ1) is 15.7. The molecule has 0 spiro atoms. The maximum atomic E-state index is 12.0. The Bertz CT molecular complexity index is 263. The van der Waals surface area contributed by atoms with Gasteiger partial charge in [-0.15, -0.1) is 0 Å². The molecule has 1 N–H and O–H groups in total. The van der Waals surface area contributed by atoms with E-state index in [0.717, 1.165) is 0 Å². The summed E-state index contributed by atoms with van der Waals surface area (Å²) in [4.78, 5) is 21.5. The number of carboxylic acids is 1. The molecular formula is C10H15F3O4. The second kappa shape index (κ2) is 7.13. The van der Waals surface area contributed by atoms with Gasteiger partial charge >= 0.3 is 18.1 Å². The van der Waals surface area contributed by atoms with Gasteiger partial charge in [0, 0.05) is 19.3 Å². The van der Waals surface area contributed by atoms with E-state index in [1.54, 1.807) is 6.92 Å². The van der Waals surface area contributed by atoms with Crippen molar-refractivity contribution in [3.63, 3.8) is 0 Å². The largest absolute Gasteiger partial charge is 0.481 e. The highest BCUT2D eigenvalue weighted by atomic mass is 19.4. The highest BCUT2D eigenvalue weighted by Crippen LogP contribution is 2.27. The van der Waals surface area contributed by atoms with Crippen molar-refractivity contribution in [3.05, 3.63) is 0 Å². The van der Waals surface area contributed by atoms with Crippen LogP contribution >= 0.6 is 0 Å². The standard InChI is InChI=1S/C10H15F3O4/c1-2-17-9(16)6-7(5-8(14)15)3-4-10(11,12)13/h7H,2-6H2,1H3,(H,14,15). The van der Waals surface area contributed by atoms with Crippen LogP contribution in [0.5, 0.6) is 0 Å². The highest BCUT2D eigenvalue weighted by Gasteiger charge is 2.29. The Labute approximate surface area is 96.8 Å². The summed E-state index contributed by atoms with van der Waals surface area (Å²) in [7, 11) is 0. The van der Waals surface area contributed by atoms with Crippen molar-refractivity contribution < 1.29 is 32.6 Å². The SMILES string of the molecule is CCOC(=O)CC(CCC(F)(F)F)CC(=O)O. The average molecular weight is 256 g/mol. The van der Waals surface area contributed by atoms with Gasteiger partial charge < -0.3 is 9.84 Å². The number of alkyl halides is 3. The molecule has 0 aromatic rings. The van der Waals surface area contributed by atoms with Gasteiger partial charge in [-0.1, -0.05) is 0 Å². The third-order valence-electron chi connectivity index (χ3n) is 2.06. The van der Waals surface area contributed by atoms with Crippen LogP contribution < -0.4 is 0 Å². The van der Waals surface area contributed by atoms with Gasteiger partial charge in [0.1, 0.15) is 0 Å². The van der Waals surface area contributed by atoms with Crippen molar-refractivity contribution in [1.29, 1.82) is 0 Å². The molecule has 0 aromatic heterocycles. The second-order valence-electron chi connectivity index (χ2n) is 3.63. The summed E-state index contributed by atoms with van der Waals surface area (Å²) in [6.07, 6.45) is -6.57. The van der Waals surface area contributed by atoms with E-state index in [4.69, 9.17) is 5.11 Å². The molecule has 0 aromatic carbocycles. The number of aliphatic carboxylic acids is 1. The fourth-order valence-corrected chi connectivity index (χ4v) is 1.35. The maximum absolute atomic E-state index is 12.0. The molecule has 17 heavy (non-hydrogen) atoms. The maximum Gasteiger partial charge on any atom is 0.389 e. The fraction of sp³-hybridized carbons (Fsp3) is 0.800. The molecule has 1 unspecified atom stereocenters. The predicted molar refractivity (Wildman–Crippen MR) is 52.3 cm³/mol. The van der Waals surface area contributed by atoms with Crippen molar-refractivity contribution in [3.8, 4) is 0 Å². The predicted octanol–water partition coefficient (Wildman–Crippen LogP) is 2.37. The van der Waals surface area contributed by atoms with Gasteiger partial charge in [-0.2, -0.15) is 13.2 Å². The molecule has 100 valence electrons. The van der Waals surface area contributed by atoms with Crippen LogP contribution in [-0.4, -0.2) is 29.8 Å². The smallest absolute Gasteiger partial charge is 0.389 e. The molecule has 0 bridgehead atoms. The van der Waals surface area contributed by atoms with E-state index in [2.05, 4.69) is 4.74 Å². The molecule has 0 aliphatic carbocycles. The van der Waals surface area contributed by atoms with Crippen LogP contribution in [0.25, 0.3) is 0 Å². The molecule has 0 aliphatic heterocycles. The number of esters is 1. The molecule has 0 heterocycles. The lowest BCUT2D eigenvalue weighted by Gasteiger charge is -2.15. The van der Waals surface area contributed by atoms with Crippen molar-refractivity contribution in [2.45, 2.75) is 38.8 Å². The Morgan fingerprint density at radius 1 is 1.29 bits per heavy atom. The fourth-order valence-electron chi connectivity index (χ4n) is 1.35. The first-order valence-electron chi connectivity index (χ1n) is 5.18. The van der Waals surface area contributed by atoms with Gasteiger partial charge in [-0.05, 0) is 19.3 Å². The first-order chi connectivity index (χ1) is 7.74. The van der Waals surface area contributed by atoms with Gasteiger partial charge in [-0.3, -0.25) is 9.59 Å². The number of hydrogen-bond acceptors (Lipinski definition) is 3. The van der Waals surface area contributed by atoms with Gasteiger partial charge in [0.2, 0.25) is 0 Å². The minimum absolute atomic E-state index is 0.123. The molecule has 0 rings (SSSR count). The topological polar surface area (TPSA) is 63.6 Å². The summed E-state index contributed by atoms with van der Waals surface area (Å²) in [5.41, 5.74) is 0. The van der Waals surface area contributed by atoms with Crippen molar-refractivity contribution >= 4 is 11.9 Å². The van der Waals surface area contributed by atoms with Crippen LogP contribution in [0.4, 0.5) is 13.2 Å². The van der Waals surface area contributed by atoms with E-state index in [9.17, 15) is 22.8 Å². The number of rotatable bonds is 7. The first-order valence-corrected chi connectivity index (χ1v) is 5.18. The number of halogens is 3. The second-order valence-corrected chi connectivity index (χ2v) is 3.63. The number of hydrogen-bond donors (Lipinski definition) is 1. The molecule has 0 fully saturated rings. The van der Waals surface area contributed by atoms with E-state index < -0.39 is 36.9 Å². The lowest BCUT2D eigenvalue weighted by molar-refractivity contribution is -0.149. The zero-order valence-electron chi connectivity index (χ0n) is 9.42. The summed E-state index contributed by atoms with van der Waals surface area (Å²) >= 11 is 0. The van der Waals surface area contributed by atoms with E-state index >= 15 is 0 Å². The third-order valence-corrected chi connectivity index (χ3v) is 2.06. The van der Waals surface area contributed by atoms with Gasteiger partial charge in [0.25, 0.3) is 0 Å². The Morgan fingerprint density at radius 3 is 2.29 bits per heavy atom. The minimum atomic E-state index is -4.34. The lowest BCUT2D eigenvalue weighted by Crippen LogP contribution is -2.18. The molecule has 0 aliphatic rings. The number of carbonyl (C=O) groups excluding carboxylic acids is 1. The number of carbonyl (C=O) groups is 2. The Hall–Kier alpha value is -1.27. The Kier molecular flexibility index (Phi) is 6.60. The summed E-state index contributed by atoms with van der Waals surface area (Å²) in [6.45, 7) is 1.69. The molecule has 0 saturated carbocycles. The summed E-state index contributed by atoms with van der Waals surface area (Å²) in [5, 5.41) is 8.52. The van der Waals surface area contributed by atoms with Crippen LogP contribution in [0.2, 0.25) is 0 Å². The summed E-state index contributed by atoms with van der Waals surface area (Å²) in [5.74, 6) is -2.73. The van der Waals surface area contributed by atoms with Crippen molar-refractivity contribution in [2.24, 2.45) is 5.92 Å². The quantitative estimate of drug-likeness (QED) is 0.710. The summed E-state index contributed by atoms with van der Waals surface area (Å²) in [6, 6.07) is 0. The van der Waals surface area contributed by atoms with Gasteiger partial charge in [0.15, 0.2) is 0 Å². The molecule has 0 saturated heterocycles. The zero-order valence-corrected chi connectivity index (χ0v) is 9.42. The molecule has 0 radical (unpaired) electrons. The lowest BCUT2D eigenvalue weighted by atomic mass is 9.96. The highest BCUT2D eigenvalue weighted by molar-refractivity contribution is 5.72. The van der Waals surface area contributed by atoms with Crippen LogP contribution in [0.15, 0.2) is 0 Å². The van der Waals surface area contributed by atoms with Gasteiger partial charge in [0.05, 0.1) is 6.61 Å². The van der Waals surface area contributed by atoms with E-state index in [0.29, 0.717) is 0 Å². The normalized spacial score (nSPS) is 13.2. The van der Waals surface area contributed by atoms with E-state index in [1.165, 1.54) is 0 Å². The minimum Gasteiger partial charge on any atom is -0.481 e. The molecule has 4 nitrogen and oxygen atoms in total. The molecular weight excluding hydrogens is 241 g/mol. The van der Waals surface area contributed by atoms with Crippen molar-refractivity contribution in [1.82, 2.24) is 0 Å². The third kappa shape index (κ3) is 9.65. The van der Waals surface area contributed by atoms with E-state index in [-0.39, 0.29) is 19.4 Å². The van der Waals surface area contributed by atoms with Crippen LogP contribution in [0.1, 0.15) is 32.6 Å². The monoisotopic (exact) mass is 256 g/mol. The molecule has 7 heteroatoms. The van der Waals surface area contributed by atoms with Crippen molar-refractivity contribution in [2.75, 3.05) is 6.61 Å². The molecule has 1 atom stereocenters. The zero-order chi connectivity index (χ0) is 13.5. The average Bonchev–Trinajstić information content (AvgIpc) is 2.12. The molecule has 0 amide bonds. The van der Waals surface area contributed by atoms with Crippen LogP contribution in [0, 0.1) is 5.92 Å². The Morgan fingerprint density at radius 2 is 1.88 bits per heavy atom. The van der Waals surface area contributed by atoms with Gasteiger partial charge in [-0.25, -0.2) is 0 Å². The summed E-state index contributed by atoms with van der Waals surface area (Å²) < 4.78 is 40.5. The van der Waals surface area contributed by atoms with Crippen LogP contribution in [0.3, 0.4) is 0 Å². The van der Waals surface area contributed by atoms with Crippen LogP contribution in [-0.2, 0) is 14.3 Å². The Balaban J connectivity index is 4.23. The number of ether oxygens (including phenoxy) is 1. The van der Waals surface area contributed by atoms with E-state index in [1.807, 2.05) is 0 Å². The number of carboxylic acid groups (broad SMARTS) is 1.